The van der Waals surface area contributed by atoms with Gasteiger partial charge in [0.1, 0.15) is 11.3 Å². The molecular weight excluding hydrogens is 312 g/mol. The van der Waals surface area contributed by atoms with Crippen LogP contribution in [0.1, 0.15) is 5.69 Å². The molecule has 2 rings (SSSR count). The van der Waals surface area contributed by atoms with Gasteiger partial charge in [0.2, 0.25) is 0 Å². The molecule has 1 aromatic carbocycles. The zero-order valence-electron chi connectivity index (χ0n) is 7.38. The van der Waals surface area contributed by atoms with Crippen LogP contribution in [0.4, 0.5) is 0 Å². The lowest BCUT2D eigenvalue weighted by Gasteiger charge is -2.05. The van der Waals surface area contributed by atoms with Gasteiger partial charge in [0, 0.05) is 14.7 Å². The van der Waals surface area contributed by atoms with E-state index < -0.39 is 0 Å². The van der Waals surface area contributed by atoms with Crippen LogP contribution in [0.2, 0.25) is 5.02 Å². The highest BCUT2D eigenvalue weighted by molar-refractivity contribution is 14.1. The minimum absolute atomic E-state index is 0.172. The van der Waals surface area contributed by atoms with Gasteiger partial charge in [-0.3, -0.25) is 0 Å². The van der Waals surface area contributed by atoms with E-state index in [2.05, 4.69) is 27.6 Å². The molecule has 4 heteroatoms. The van der Waals surface area contributed by atoms with Crippen LogP contribution in [0.5, 0.6) is 5.75 Å². The molecule has 2 aromatic rings. The van der Waals surface area contributed by atoms with Crippen molar-refractivity contribution in [2.75, 3.05) is 0 Å². The molecule has 0 fully saturated rings. The second-order valence-electron chi connectivity index (χ2n) is 3.04. The molecule has 1 aromatic heterocycles. The third-order valence-corrected chi connectivity index (χ3v) is 3.17. The Morgan fingerprint density at radius 2 is 2.14 bits per heavy atom. The third-order valence-electron chi connectivity index (χ3n) is 1.97. The van der Waals surface area contributed by atoms with Crippen LogP contribution < -0.4 is 0 Å². The lowest BCUT2D eigenvalue weighted by molar-refractivity contribution is 0.480. The summed E-state index contributed by atoms with van der Waals surface area (Å²) in [5, 5.41) is 11.1. The summed E-state index contributed by atoms with van der Waals surface area (Å²) in [7, 11) is 0. The van der Waals surface area contributed by atoms with Crippen molar-refractivity contribution in [2.24, 2.45) is 0 Å². The van der Waals surface area contributed by atoms with Crippen LogP contribution in [0.3, 0.4) is 0 Å². The number of phenols is 1. The summed E-state index contributed by atoms with van der Waals surface area (Å²) in [6, 6.07) is 5.25. The first-order chi connectivity index (χ1) is 6.59. The Kier molecular flexibility index (Phi) is 2.53. The molecule has 1 N–H and O–H groups in total. The fourth-order valence-electron chi connectivity index (χ4n) is 1.36. The highest BCUT2D eigenvalue weighted by Gasteiger charge is 2.09. The number of benzene rings is 1. The van der Waals surface area contributed by atoms with Crippen LogP contribution in [-0.2, 0) is 0 Å². The Labute approximate surface area is 100 Å². The van der Waals surface area contributed by atoms with Crippen molar-refractivity contribution in [3.63, 3.8) is 0 Å². The molecule has 0 unspecified atom stereocenters. The number of aryl methyl sites for hydroxylation is 1. The van der Waals surface area contributed by atoms with Crippen LogP contribution in [-0.4, -0.2) is 10.1 Å². The normalized spacial score (nSPS) is 10.8. The number of fused-ring (bicyclic) bond motifs is 1. The molecule has 72 valence electrons. The molecule has 0 saturated carbocycles. The number of phenolic OH excluding ortho intramolecular Hbond substituents is 1. The summed E-state index contributed by atoms with van der Waals surface area (Å²) < 4.78 is 0.993. The van der Waals surface area contributed by atoms with E-state index in [0.29, 0.717) is 10.5 Å². The molecule has 2 nitrogen and oxygen atoms in total. The summed E-state index contributed by atoms with van der Waals surface area (Å²) >= 11 is 8.26. The third kappa shape index (κ3) is 1.54. The van der Waals surface area contributed by atoms with Gasteiger partial charge in [-0.05, 0) is 47.7 Å². The van der Waals surface area contributed by atoms with Crippen LogP contribution in [0.15, 0.2) is 18.2 Å². The summed E-state index contributed by atoms with van der Waals surface area (Å²) in [4.78, 5) is 4.26. The van der Waals surface area contributed by atoms with Gasteiger partial charge in [0.15, 0.2) is 0 Å². The second kappa shape index (κ2) is 3.55. The predicted octanol–water partition coefficient (Wildman–Crippen LogP) is 3.51. The fourth-order valence-corrected chi connectivity index (χ4v) is 2.59. The van der Waals surface area contributed by atoms with Crippen molar-refractivity contribution in [1.29, 1.82) is 0 Å². The van der Waals surface area contributed by atoms with Crippen molar-refractivity contribution >= 4 is 45.1 Å². The van der Waals surface area contributed by atoms with E-state index in [4.69, 9.17) is 11.6 Å². The molecule has 14 heavy (non-hydrogen) atoms. The van der Waals surface area contributed by atoms with Gasteiger partial charge in [-0.2, -0.15) is 0 Å². The van der Waals surface area contributed by atoms with E-state index in [9.17, 15) is 5.11 Å². The SMILES string of the molecule is Cc1cc(Cl)c2c(I)ccc(O)c2n1. The molecule has 0 bridgehead atoms. The molecule has 0 aliphatic heterocycles. The van der Waals surface area contributed by atoms with Gasteiger partial charge >= 0.3 is 0 Å². The number of pyridine rings is 1. The predicted molar refractivity (Wildman–Crippen MR) is 65.9 cm³/mol. The van der Waals surface area contributed by atoms with Gasteiger partial charge in [-0.25, -0.2) is 4.98 Å². The Bertz CT molecular complexity index is 513. The van der Waals surface area contributed by atoms with Gasteiger partial charge in [-0.15, -0.1) is 0 Å². The summed E-state index contributed by atoms with van der Waals surface area (Å²) in [6.07, 6.45) is 0. The highest BCUT2D eigenvalue weighted by atomic mass is 127. The maximum absolute atomic E-state index is 9.62. The number of nitrogens with zero attached hydrogens (tertiary/aromatic N) is 1. The Hall–Kier alpha value is -0.550. The number of hydrogen-bond acceptors (Lipinski definition) is 2. The smallest absolute Gasteiger partial charge is 0.141 e. The highest BCUT2D eigenvalue weighted by Crippen LogP contribution is 2.32. The fraction of sp³-hybridized carbons (Fsp3) is 0.100. The van der Waals surface area contributed by atoms with Crippen molar-refractivity contribution in [3.05, 3.63) is 32.5 Å². The van der Waals surface area contributed by atoms with Crippen LogP contribution in [0, 0.1) is 10.5 Å². The lowest BCUT2D eigenvalue weighted by atomic mass is 10.2. The topological polar surface area (TPSA) is 33.1 Å². The van der Waals surface area contributed by atoms with Gasteiger partial charge in [0.05, 0.1) is 5.02 Å². The Balaban J connectivity index is 3.00. The van der Waals surface area contributed by atoms with Gasteiger partial charge in [0.25, 0.3) is 0 Å². The molecule has 0 saturated heterocycles. The number of rotatable bonds is 0. The molecule has 0 amide bonds. The van der Waals surface area contributed by atoms with E-state index in [-0.39, 0.29) is 5.75 Å². The summed E-state index contributed by atoms with van der Waals surface area (Å²) in [5.41, 5.74) is 1.38. The zero-order valence-corrected chi connectivity index (χ0v) is 10.3. The van der Waals surface area contributed by atoms with E-state index in [0.717, 1.165) is 14.7 Å². The van der Waals surface area contributed by atoms with Crippen molar-refractivity contribution in [3.8, 4) is 5.75 Å². The first kappa shape index (κ1) is 9.98. The maximum Gasteiger partial charge on any atom is 0.141 e. The molecule has 0 spiro atoms. The molecule has 0 aliphatic carbocycles. The van der Waals surface area contributed by atoms with E-state index in [1.54, 1.807) is 12.1 Å². The lowest BCUT2D eigenvalue weighted by Crippen LogP contribution is -1.87. The van der Waals surface area contributed by atoms with Crippen molar-refractivity contribution in [2.45, 2.75) is 6.92 Å². The van der Waals surface area contributed by atoms with E-state index in [1.807, 2.05) is 13.0 Å². The standard InChI is InChI=1S/C10H7ClINO/c1-5-4-6(11)9-7(12)2-3-8(14)10(9)13-5/h2-4,14H,1H3. The molecule has 1 heterocycles. The monoisotopic (exact) mass is 319 g/mol. The number of halogens is 2. The molecule has 0 atom stereocenters. The average Bonchev–Trinajstić information content (AvgIpc) is 2.10. The first-order valence-electron chi connectivity index (χ1n) is 4.04. The van der Waals surface area contributed by atoms with Crippen molar-refractivity contribution < 1.29 is 5.11 Å². The molecule has 0 radical (unpaired) electrons. The molecule has 0 aliphatic rings. The summed E-state index contributed by atoms with van der Waals surface area (Å²) in [6.45, 7) is 1.85. The van der Waals surface area contributed by atoms with Crippen LogP contribution >= 0.6 is 34.2 Å². The van der Waals surface area contributed by atoms with E-state index >= 15 is 0 Å². The van der Waals surface area contributed by atoms with Gasteiger partial charge in [-0.1, -0.05) is 11.6 Å². The maximum atomic E-state index is 9.62. The second-order valence-corrected chi connectivity index (χ2v) is 4.60. The first-order valence-corrected chi connectivity index (χ1v) is 5.49. The van der Waals surface area contributed by atoms with Gasteiger partial charge < -0.3 is 5.11 Å². The minimum Gasteiger partial charge on any atom is -0.506 e. The minimum atomic E-state index is 0.172. The van der Waals surface area contributed by atoms with Crippen LogP contribution in [0.25, 0.3) is 10.9 Å². The summed E-state index contributed by atoms with van der Waals surface area (Å²) in [5.74, 6) is 0.172. The van der Waals surface area contributed by atoms with E-state index in [1.165, 1.54) is 0 Å². The largest absolute Gasteiger partial charge is 0.506 e. The number of aromatic hydroxyl groups is 1. The average molecular weight is 320 g/mol. The quantitative estimate of drug-likeness (QED) is 0.754. The number of hydrogen-bond donors (Lipinski definition) is 1. The zero-order chi connectivity index (χ0) is 10.3. The van der Waals surface area contributed by atoms with Crippen molar-refractivity contribution in [1.82, 2.24) is 4.98 Å². The number of aromatic nitrogens is 1. The Morgan fingerprint density at radius 1 is 1.43 bits per heavy atom. The Morgan fingerprint density at radius 3 is 2.86 bits per heavy atom. The molecular formula is C10H7ClINO.